The Morgan fingerprint density at radius 1 is 1.32 bits per heavy atom. The third-order valence-corrected chi connectivity index (χ3v) is 3.40. The number of fused-ring (bicyclic) bond motifs is 1. The Balaban J connectivity index is 2.75. The summed E-state index contributed by atoms with van der Waals surface area (Å²) in [7, 11) is 1.56. The average Bonchev–Trinajstić information content (AvgIpc) is 2.81. The van der Waals surface area contributed by atoms with Gasteiger partial charge in [-0.1, -0.05) is 0 Å². The molecule has 0 aliphatic rings. The fraction of sp³-hybridized carbons (Fsp3) is 0.643. The first kappa shape index (κ1) is 16.4. The van der Waals surface area contributed by atoms with Gasteiger partial charge >= 0.3 is 5.69 Å². The molecule has 0 aliphatic carbocycles. The summed E-state index contributed by atoms with van der Waals surface area (Å²) in [4.78, 5) is 29.3. The zero-order valence-electron chi connectivity index (χ0n) is 13.5. The van der Waals surface area contributed by atoms with Gasteiger partial charge in [0.05, 0.1) is 19.5 Å². The molecule has 0 aromatic carbocycles. The van der Waals surface area contributed by atoms with Crippen molar-refractivity contribution in [2.45, 2.75) is 45.9 Å². The van der Waals surface area contributed by atoms with Gasteiger partial charge in [-0.2, -0.15) is 0 Å². The van der Waals surface area contributed by atoms with Crippen molar-refractivity contribution in [2.24, 2.45) is 5.73 Å². The van der Waals surface area contributed by atoms with Gasteiger partial charge in [0.15, 0.2) is 11.2 Å². The Morgan fingerprint density at radius 2 is 2.00 bits per heavy atom. The van der Waals surface area contributed by atoms with Crippen LogP contribution >= 0.6 is 0 Å². The van der Waals surface area contributed by atoms with E-state index in [0.717, 1.165) is 0 Å². The van der Waals surface area contributed by atoms with Crippen molar-refractivity contribution in [3.63, 3.8) is 0 Å². The van der Waals surface area contributed by atoms with Crippen LogP contribution in [-0.2, 0) is 24.4 Å². The van der Waals surface area contributed by atoms with Crippen LogP contribution in [-0.4, -0.2) is 37.9 Å². The Kier molecular flexibility index (Phi) is 4.52. The largest absolute Gasteiger partial charge is 0.383 e. The minimum Gasteiger partial charge on any atom is -0.383 e. The number of hydrogen-bond donors (Lipinski definition) is 1. The topological polar surface area (TPSA) is 97.1 Å². The van der Waals surface area contributed by atoms with E-state index in [9.17, 15) is 9.59 Å². The van der Waals surface area contributed by atoms with Crippen LogP contribution in [0.15, 0.2) is 15.9 Å². The van der Waals surface area contributed by atoms with Crippen LogP contribution in [0.5, 0.6) is 0 Å². The molecule has 8 nitrogen and oxygen atoms in total. The van der Waals surface area contributed by atoms with Crippen LogP contribution in [0, 0.1) is 0 Å². The second-order valence-electron chi connectivity index (χ2n) is 6.01. The lowest BCUT2D eigenvalue weighted by molar-refractivity contribution is 0.186. The molecule has 0 aliphatic heterocycles. The third kappa shape index (κ3) is 2.97. The highest BCUT2D eigenvalue weighted by Crippen LogP contribution is 2.10. The first-order valence-electron chi connectivity index (χ1n) is 7.26. The van der Waals surface area contributed by atoms with Crippen molar-refractivity contribution < 1.29 is 4.74 Å². The van der Waals surface area contributed by atoms with Crippen molar-refractivity contribution in [3.8, 4) is 0 Å². The Morgan fingerprint density at radius 3 is 2.55 bits per heavy atom. The van der Waals surface area contributed by atoms with Gasteiger partial charge in [-0.25, -0.2) is 9.78 Å². The van der Waals surface area contributed by atoms with E-state index < -0.39 is 5.54 Å². The Labute approximate surface area is 128 Å². The molecule has 0 fully saturated rings. The smallest absolute Gasteiger partial charge is 0.332 e. The summed E-state index contributed by atoms with van der Waals surface area (Å²) in [5.41, 5.74) is 5.62. The molecular formula is C14H23N5O3. The maximum atomic E-state index is 12.6. The molecule has 0 bridgehead atoms. The number of nitrogens with two attached hydrogens (primary N) is 1. The molecule has 2 rings (SSSR count). The lowest BCUT2D eigenvalue weighted by Crippen LogP contribution is -2.42. The number of hydrogen-bond acceptors (Lipinski definition) is 5. The molecular weight excluding hydrogens is 286 g/mol. The van der Waals surface area contributed by atoms with Crippen LogP contribution in [0.3, 0.4) is 0 Å². The minimum atomic E-state index is -0.495. The van der Waals surface area contributed by atoms with Gasteiger partial charge in [0, 0.05) is 25.7 Å². The first-order chi connectivity index (χ1) is 10.3. The molecule has 0 amide bonds. The highest BCUT2D eigenvalue weighted by Gasteiger charge is 2.20. The monoisotopic (exact) mass is 309 g/mol. The van der Waals surface area contributed by atoms with E-state index in [-0.39, 0.29) is 11.2 Å². The van der Waals surface area contributed by atoms with Crippen molar-refractivity contribution in [3.05, 3.63) is 27.2 Å². The zero-order chi connectivity index (χ0) is 16.5. The summed E-state index contributed by atoms with van der Waals surface area (Å²) >= 11 is 0. The van der Waals surface area contributed by atoms with E-state index in [1.165, 1.54) is 9.13 Å². The molecule has 2 aromatic rings. The molecule has 0 saturated heterocycles. The maximum Gasteiger partial charge on any atom is 0.332 e. The molecule has 2 aromatic heterocycles. The van der Waals surface area contributed by atoms with Crippen LogP contribution in [0.25, 0.3) is 11.2 Å². The summed E-state index contributed by atoms with van der Waals surface area (Å²) in [6.07, 6.45) is 1.56. The molecule has 0 atom stereocenters. The molecule has 0 spiro atoms. The van der Waals surface area contributed by atoms with Crippen molar-refractivity contribution in [2.75, 3.05) is 13.7 Å². The van der Waals surface area contributed by atoms with E-state index >= 15 is 0 Å². The van der Waals surface area contributed by atoms with E-state index in [0.29, 0.717) is 37.4 Å². The highest BCUT2D eigenvalue weighted by molar-refractivity contribution is 5.70. The van der Waals surface area contributed by atoms with Gasteiger partial charge in [0.25, 0.3) is 5.56 Å². The van der Waals surface area contributed by atoms with Crippen molar-refractivity contribution in [1.82, 2.24) is 18.7 Å². The van der Waals surface area contributed by atoms with Crippen molar-refractivity contribution >= 4 is 11.2 Å². The lowest BCUT2D eigenvalue weighted by atomic mass is 10.1. The fourth-order valence-corrected chi connectivity index (χ4v) is 2.46. The Bertz CT molecular complexity index is 779. The quantitative estimate of drug-likeness (QED) is 0.794. The van der Waals surface area contributed by atoms with Crippen LogP contribution < -0.4 is 17.0 Å². The van der Waals surface area contributed by atoms with Crippen molar-refractivity contribution in [1.29, 1.82) is 0 Å². The third-order valence-electron chi connectivity index (χ3n) is 3.40. The molecule has 2 heterocycles. The number of rotatable bonds is 6. The number of ether oxygens (including phenoxy) is 1. The highest BCUT2D eigenvalue weighted by atomic mass is 16.5. The summed E-state index contributed by atoms with van der Waals surface area (Å²) in [6.45, 7) is 6.96. The maximum absolute atomic E-state index is 12.6. The lowest BCUT2D eigenvalue weighted by Gasteiger charge is -2.19. The van der Waals surface area contributed by atoms with Crippen LogP contribution in [0.1, 0.15) is 20.8 Å². The summed E-state index contributed by atoms with van der Waals surface area (Å²) in [6, 6.07) is 0. The molecule has 0 saturated carbocycles. The summed E-state index contributed by atoms with van der Waals surface area (Å²) < 4.78 is 9.44. The molecule has 8 heteroatoms. The van der Waals surface area contributed by atoms with Gasteiger partial charge in [0.1, 0.15) is 0 Å². The van der Waals surface area contributed by atoms with E-state index in [1.807, 2.05) is 13.8 Å². The Hall–Kier alpha value is -1.93. The predicted octanol–water partition coefficient (Wildman–Crippen LogP) is -0.237. The molecule has 0 unspecified atom stereocenters. The summed E-state index contributed by atoms with van der Waals surface area (Å²) in [5.74, 6) is 0. The van der Waals surface area contributed by atoms with Crippen LogP contribution in [0.2, 0.25) is 0 Å². The normalized spacial score (nSPS) is 12.2. The van der Waals surface area contributed by atoms with E-state index in [4.69, 9.17) is 10.5 Å². The predicted molar refractivity (Wildman–Crippen MR) is 84.1 cm³/mol. The molecule has 22 heavy (non-hydrogen) atoms. The average molecular weight is 309 g/mol. The first-order valence-corrected chi connectivity index (χ1v) is 7.26. The number of nitrogens with zero attached hydrogens (tertiary/aromatic N) is 4. The minimum absolute atomic E-state index is 0.303. The van der Waals surface area contributed by atoms with E-state index in [1.54, 1.807) is 24.9 Å². The molecule has 2 N–H and O–H groups in total. The van der Waals surface area contributed by atoms with Gasteiger partial charge in [-0.15, -0.1) is 0 Å². The van der Waals surface area contributed by atoms with Gasteiger partial charge in [0.2, 0.25) is 0 Å². The van der Waals surface area contributed by atoms with Crippen LogP contribution in [0.4, 0.5) is 0 Å². The number of methoxy groups -OCH3 is 1. The number of imidazole rings is 1. The standard InChI is InChI=1S/C14H23N5O3/c1-5-18-12(20)10-11(19(13(18)21)6-7-22-4)16-9-17(10)8-14(2,3)15/h9H,5-8,15H2,1-4H3. The molecule has 122 valence electrons. The number of aromatic nitrogens is 4. The van der Waals surface area contributed by atoms with Gasteiger partial charge in [-0.05, 0) is 20.8 Å². The molecule has 0 radical (unpaired) electrons. The fourth-order valence-electron chi connectivity index (χ4n) is 2.46. The SMILES string of the molecule is CCn1c(=O)c2c(ncn2CC(C)(C)N)n(CCOC)c1=O. The second kappa shape index (κ2) is 6.05. The zero-order valence-corrected chi connectivity index (χ0v) is 13.5. The van der Waals surface area contributed by atoms with Gasteiger partial charge < -0.3 is 15.0 Å². The van der Waals surface area contributed by atoms with Gasteiger partial charge in [-0.3, -0.25) is 13.9 Å². The second-order valence-corrected chi connectivity index (χ2v) is 6.01. The van der Waals surface area contributed by atoms with E-state index in [2.05, 4.69) is 4.98 Å². The summed E-state index contributed by atoms with van der Waals surface area (Å²) in [5, 5.41) is 0.